The summed E-state index contributed by atoms with van der Waals surface area (Å²) >= 11 is 0. The van der Waals surface area contributed by atoms with Gasteiger partial charge in [0.15, 0.2) is 11.6 Å². The Morgan fingerprint density at radius 2 is 2.11 bits per heavy atom. The van der Waals surface area contributed by atoms with Gasteiger partial charge in [0.05, 0.1) is 17.9 Å². The number of carbonyl (C=O) groups is 1. The topological polar surface area (TPSA) is 75.9 Å². The minimum Gasteiger partial charge on any atom is -0.360 e. The Morgan fingerprint density at radius 3 is 2.86 bits per heavy atom. The van der Waals surface area contributed by atoms with E-state index in [4.69, 9.17) is 0 Å². The van der Waals surface area contributed by atoms with E-state index in [0.29, 0.717) is 23.8 Å². The molecule has 1 aliphatic rings. The summed E-state index contributed by atoms with van der Waals surface area (Å²) in [5, 5.41) is 3.45. The monoisotopic (exact) mass is 380 g/mol. The molecule has 1 aliphatic heterocycles. The van der Waals surface area contributed by atoms with E-state index in [-0.39, 0.29) is 11.9 Å². The van der Waals surface area contributed by atoms with Crippen molar-refractivity contribution in [2.24, 2.45) is 0 Å². The lowest BCUT2D eigenvalue weighted by Crippen LogP contribution is -2.39. The fraction of sp³-hybridized carbons (Fsp3) is 0.300. The number of rotatable bonds is 6. The summed E-state index contributed by atoms with van der Waals surface area (Å²) < 4.78 is 15.5. The molecule has 0 aliphatic carbocycles. The number of pyridine rings is 2. The quantitative estimate of drug-likeness (QED) is 0.522. The highest BCUT2D eigenvalue weighted by atomic mass is 19.1. The molecule has 144 valence electrons. The first-order chi connectivity index (χ1) is 13.6. The molecule has 4 rings (SSSR count). The van der Waals surface area contributed by atoms with Gasteiger partial charge < -0.3 is 14.8 Å². The van der Waals surface area contributed by atoms with Crippen LogP contribution in [0.15, 0.2) is 42.9 Å². The van der Waals surface area contributed by atoms with Crippen LogP contribution in [0.1, 0.15) is 30.8 Å². The fourth-order valence-electron chi connectivity index (χ4n) is 3.58. The molecule has 4 heterocycles. The number of nitrogens with one attached hydrogen (secondary N) is 1. The number of ketones is 1. The van der Waals surface area contributed by atoms with Crippen molar-refractivity contribution in [2.45, 2.75) is 33.0 Å². The minimum absolute atomic E-state index is 0.0753. The van der Waals surface area contributed by atoms with E-state index < -0.39 is 5.95 Å². The van der Waals surface area contributed by atoms with E-state index >= 15 is 0 Å². The zero-order valence-electron chi connectivity index (χ0n) is 15.8. The van der Waals surface area contributed by atoms with Gasteiger partial charge >= 0.3 is 0 Å². The lowest BCUT2D eigenvalue weighted by molar-refractivity contribution is 0.101. The van der Waals surface area contributed by atoms with E-state index in [0.717, 1.165) is 24.3 Å². The van der Waals surface area contributed by atoms with Crippen molar-refractivity contribution in [1.82, 2.24) is 19.5 Å². The summed E-state index contributed by atoms with van der Waals surface area (Å²) in [5.74, 6) is -0.0180. The van der Waals surface area contributed by atoms with Gasteiger partial charge in [-0.05, 0) is 24.6 Å². The van der Waals surface area contributed by atoms with E-state index in [1.165, 1.54) is 13.0 Å². The second-order valence-corrected chi connectivity index (χ2v) is 6.71. The smallest absolute Gasteiger partial charge is 0.213 e. The van der Waals surface area contributed by atoms with Crippen molar-refractivity contribution in [1.29, 1.82) is 0 Å². The number of fused-ring (bicyclic) bond motifs is 1. The van der Waals surface area contributed by atoms with Crippen molar-refractivity contribution in [2.75, 3.05) is 16.8 Å². The number of anilines is 2. The zero-order valence-corrected chi connectivity index (χ0v) is 15.8. The number of halogens is 1. The van der Waals surface area contributed by atoms with Gasteiger partial charge in [0.1, 0.15) is 17.6 Å². The molecule has 3 aromatic rings. The average Bonchev–Trinajstić information content (AvgIpc) is 3.27. The number of hydrogen-bond acceptors (Lipinski definition) is 6. The van der Waals surface area contributed by atoms with Crippen molar-refractivity contribution in [3.8, 4) is 11.5 Å². The second-order valence-electron chi connectivity index (χ2n) is 6.71. The van der Waals surface area contributed by atoms with E-state index in [9.17, 15) is 9.18 Å². The SMILES string of the molecule is CCCN1c2ccnc(C(C)=O)c2NC1Cn1ccnc1-c1cccc(F)n1. The van der Waals surface area contributed by atoms with Gasteiger partial charge in [-0.15, -0.1) is 0 Å². The minimum atomic E-state index is -0.539. The van der Waals surface area contributed by atoms with Crippen LogP contribution in [0.4, 0.5) is 15.8 Å². The Kier molecular flexibility index (Phi) is 4.77. The number of hydrogen-bond donors (Lipinski definition) is 1. The van der Waals surface area contributed by atoms with Crippen LogP contribution in [0.3, 0.4) is 0 Å². The summed E-state index contributed by atoms with van der Waals surface area (Å²) in [6, 6.07) is 6.59. The number of nitrogens with zero attached hydrogens (tertiary/aromatic N) is 5. The molecule has 0 aromatic carbocycles. The predicted octanol–water partition coefficient (Wildman–Crippen LogP) is 3.35. The van der Waals surface area contributed by atoms with Crippen LogP contribution in [0.2, 0.25) is 0 Å². The van der Waals surface area contributed by atoms with Crippen LogP contribution in [0, 0.1) is 5.95 Å². The zero-order chi connectivity index (χ0) is 19.7. The molecule has 7 nitrogen and oxygen atoms in total. The molecular formula is C20H21FN6O. The fourth-order valence-corrected chi connectivity index (χ4v) is 3.58. The van der Waals surface area contributed by atoms with Crippen LogP contribution in [0.5, 0.6) is 0 Å². The van der Waals surface area contributed by atoms with E-state index in [1.54, 1.807) is 24.5 Å². The molecule has 3 aromatic heterocycles. The number of Topliss-reactive ketones (excluding diaryl/α,β-unsaturated/α-hetero) is 1. The van der Waals surface area contributed by atoms with Gasteiger partial charge in [0.2, 0.25) is 5.95 Å². The van der Waals surface area contributed by atoms with Crippen molar-refractivity contribution < 1.29 is 9.18 Å². The summed E-state index contributed by atoms with van der Waals surface area (Å²) in [5.41, 5.74) is 2.66. The molecule has 0 bridgehead atoms. The third-order valence-corrected chi connectivity index (χ3v) is 4.75. The Morgan fingerprint density at radius 1 is 1.25 bits per heavy atom. The Bertz CT molecular complexity index is 1020. The molecule has 0 saturated heterocycles. The molecule has 1 unspecified atom stereocenters. The second kappa shape index (κ2) is 7.38. The molecule has 0 radical (unpaired) electrons. The van der Waals surface area contributed by atoms with Gasteiger partial charge in [-0.2, -0.15) is 4.39 Å². The maximum Gasteiger partial charge on any atom is 0.213 e. The first kappa shape index (κ1) is 18.1. The summed E-state index contributed by atoms with van der Waals surface area (Å²) in [6.07, 6.45) is 6.07. The van der Waals surface area contributed by atoms with Crippen LogP contribution in [0.25, 0.3) is 11.5 Å². The average molecular weight is 380 g/mol. The van der Waals surface area contributed by atoms with Crippen LogP contribution >= 0.6 is 0 Å². The predicted molar refractivity (Wildman–Crippen MR) is 105 cm³/mol. The molecule has 0 amide bonds. The normalized spacial score (nSPS) is 15.4. The molecular weight excluding hydrogens is 359 g/mol. The highest BCUT2D eigenvalue weighted by Crippen LogP contribution is 2.37. The van der Waals surface area contributed by atoms with E-state index in [1.807, 2.05) is 16.8 Å². The molecule has 0 fully saturated rings. The summed E-state index contributed by atoms with van der Waals surface area (Å²) in [4.78, 5) is 26.8. The summed E-state index contributed by atoms with van der Waals surface area (Å²) in [6.45, 7) is 5.01. The standard InChI is InChI=1S/C20H21FN6O/c1-3-10-27-15-7-8-22-18(13(2)28)19(15)25-17(27)12-26-11-9-23-20(26)14-5-4-6-16(21)24-14/h4-9,11,17,25H,3,10,12H2,1-2H3. The lowest BCUT2D eigenvalue weighted by Gasteiger charge is -2.27. The maximum atomic E-state index is 13.5. The highest BCUT2D eigenvalue weighted by molar-refractivity contribution is 6.01. The van der Waals surface area contributed by atoms with Crippen LogP contribution in [-0.2, 0) is 6.54 Å². The largest absolute Gasteiger partial charge is 0.360 e. The van der Waals surface area contributed by atoms with Crippen LogP contribution < -0.4 is 10.2 Å². The Labute approximate surface area is 162 Å². The molecule has 28 heavy (non-hydrogen) atoms. The molecule has 1 N–H and O–H groups in total. The third-order valence-electron chi connectivity index (χ3n) is 4.75. The molecule has 1 atom stereocenters. The number of aromatic nitrogens is 4. The van der Waals surface area contributed by atoms with Gasteiger partial charge in [0.25, 0.3) is 0 Å². The van der Waals surface area contributed by atoms with Gasteiger partial charge in [0, 0.05) is 32.1 Å². The summed E-state index contributed by atoms with van der Waals surface area (Å²) in [7, 11) is 0. The first-order valence-electron chi connectivity index (χ1n) is 9.25. The van der Waals surface area contributed by atoms with Gasteiger partial charge in [-0.25, -0.2) is 9.97 Å². The third kappa shape index (κ3) is 3.21. The molecule has 0 spiro atoms. The first-order valence-corrected chi connectivity index (χ1v) is 9.25. The Hall–Kier alpha value is -3.29. The van der Waals surface area contributed by atoms with Gasteiger partial charge in [-0.1, -0.05) is 13.0 Å². The lowest BCUT2D eigenvalue weighted by atomic mass is 10.2. The van der Waals surface area contributed by atoms with E-state index in [2.05, 4.69) is 32.1 Å². The molecule has 8 heteroatoms. The molecule has 0 saturated carbocycles. The van der Waals surface area contributed by atoms with Crippen molar-refractivity contribution >= 4 is 17.2 Å². The highest BCUT2D eigenvalue weighted by Gasteiger charge is 2.32. The Balaban J connectivity index is 1.67. The van der Waals surface area contributed by atoms with Gasteiger partial charge in [-0.3, -0.25) is 9.78 Å². The van der Waals surface area contributed by atoms with Crippen molar-refractivity contribution in [3.05, 3.63) is 54.5 Å². The van der Waals surface area contributed by atoms with Crippen molar-refractivity contribution in [3.63, 3.8) is 0 Å². The van der Waals surface area contributed by atoms with Crippen LogP contribution in [-0.4, -0.2) is 38.0 Å². The number of carbonyl (C=O) groups excluding carboxylic acids is 1. The maximum absolute atomic E-state index is 13.5. The number of imidazole rings is 1.